The number of guanidine groups is 1. The van der Waals surface area contributed by atoms with Gasteiger partial charge in [0.25, 0.3) is 5.91 Å². The number of likely N-dealkylation sites (tertiary alicyclic amines) is 1. The molecule has 24 heteroatoms. The largest absolute Gasteiger partial charge is 0.370 e. The molecule has 11 N–H and O–H groups in total. The SMILES string of the molecule is CCCCNC(=O)[C@@H](CCCN=C(N)N)NC(=O)[C@@H]1CCCN1C(=O)[C@@H]1CSCCCC(=O)N[C@@H](Cc2ccc(Cl)cc2)C(=O)N[C@@H](Cc2cccs2)C(=O)N[C@H](C(C)C)C(=O)N[C@@H](C)C(=O)N1NC(C)=O. The number of nitrogens with zero attached hydrogens (tertiary/aromatic N) is 3. The first kappa shape index (κ1) is 58.6. The van der Waals surface area contributed by atoms with Crippen LogP contribution in [0.3, 0.4) is 0 Å². The maximum atomic E-state index is 14.9. The Morgan fingerprint density at radius 2 is 1.61 bits per heavy atom. The Morgan fingerprint density at radius 3 is 2.26 bits per heavy atom. The van der Waals surface area contributed by atoms with Gasteiger partial charge in [-0.25, -0.2) is 5.01 Å². The third-order valence-corrected chi connectivity index (χ3v) is 14.2. The van der Waals surface area contributed by atoms with E-state index in [1.165, 1.54) is 34.9 Å². The Hall–Kier alpha value is -5.94. The van der Waals surface area contributed by atoms with Gasteiger partial charge in [-0.15, -0.1) is 11.3 Å². The van der Waals surface area contributed by atoms with E-state index in [9.17, 15) is 43.2 Å². The van der Waals surface area contributed by atoms with Crippen LogP contribution in [0.15, 0.2) is 46.8 Å². The van der Waals surface area contributed by atoms with Crippen molar-refractivity contribution >= 4 is 93.8 Å². The minimum atomic E-state index is -1.43. The lowest BCUT2D eigenvalue weighted by molar-refractivity contribution is -0.154. The second kappa shape index (κ2) is 29.5. The van der Waals surface area contributed by atoms with Crippen molar-refractivity contribution in [3.8, 4) is 0 Å². The third-order valence-electron chi connectivity index (χ3n) is 11.9. The number of nitrogens with two attached hydrogens (primary N) is 2. The average Bonchev–Trinajstić information content (AvgIpc) is 4.05. The number of hydrazine groups is 1. The van der Waals surface area contributed by atoms with Crippen LogP contribution in [0.4, 0.5) is 0 Å². The Morgan fingerprint density at radius 1 is 0.903 bits per heavy atom. The van der Waals surface area contributed by atoms with Crippen molar-refractivity contribution in [1.29, 1.82) is 0 Å². The highest BCUT2D eigenvalue weighted by Crippen LogP contribution is 2.23. The molecule has 2 aliphatic rings. The number of hydrogen-bond acceptors (Lipinski definition) is 12. The molecule has 0 bridgehead atoms. The van der Waals surface area contributed by atoms with Crippen molar-refractivity contribution in [2.45, 2.75) is 141 Å². The number of unbranched alkanes of at least 4 members (excludes halogenated alkanes) is 1. The Labute approximate surface area is 434 Å². The number of carbonyl (C=O) groups excluding carboxylic acids is 9. The number of carbonyl (C=O) groups is 9. The number of aliphatic imine (C=N–C) groups is 1. The minimum Gasteiger partial charge on any atom is -0.370 e. The quantitative estimate of drug-likeness (QED) is 0.0610. The van der Waals surface area contributed by atoms with Gasteiger partial charge in [-0.1, -0.05) is 57.0 Å². The van der Waals surface area contributed by atoms with Crippen molar-refractivity contribution in [3.63, 3.8) is 0 Å². The topological polar surface area (TPSA) is 309 Å². The second-order valence-corrected chi connectivity index (χ2v) is 20.8. The van der Waals surface area contributed by atoms with Crippen LogP contribution < -0.4 is 48.8 Å². The van der Waals surface area contributed by atoms with Crippen LogP contribution in [-0.2, 0) is 56.0 Å². The monoisotopic (exact) mass is 1060 g/mol. The van der Waals surface area contributed by atoms with Crippen molar-refractivity contribution in [2.24, 2.45) is 22.4 Å². The number of benzene rings is 1. The van der Waals surface area contributed by atoms with E-state index < -0.39 is 101 Å². The molecule has 2 aromatic rings. The highest BCUT2D eigenvalue weighted by Gasteiger charge is 2.43. The van der Waals surface area contributed by atoms with E-state index in [4.69, 9.17) is 23.1 Å². The smallest absolute Gasteiger partial charge is 0.264 e. The molecule has 396 valence electrons. The summed E-state index contributed by atoms with van der Waals surface area (Å²) < 4.78 is 0. The van der Waals surface area contributed by atoms with Gasteiger partial charge in [0, 0.05) is 61.5 Å². The molecular weight excluding hydrogens is 988 g/mol. The van der Waals surface area contributed by atoms with E-state index >= 15 is 0 Å². The molecule has 3 heterocycles. The molecule has 2 saturated heterocycles. The molecule has 72 heavy (non-hydrogen) atoms. The molecule has 9 amide bonds. The van der Waals surface area contributed by atoms with Crippen LogP contribution in [0.2, 0.25) is 5.02 Å². The number of hydrogen-bond donors (Lipinski definition) is 9. The number of thiophene rings is 1. The molecule has 0 spiro atoms. The number of rotatable bonds is 17. The second-order valence-electron chi connectivity index (χ2n) is 18.2. The van der Waals surface area contributed by atoms with Crippen LogP contribution >= 0.6 is 34.7 Å². The van der Waals surface area contributed by atoms with Crippen molar-refractivity contribution < 1.29 is 43.2 Å². The number of halogens is 1. The minimum absolute atomic E-state index is 0.0455. The lowest BCUT2D eigenvalue weighted by atomic mass is 10.0. The molecule has 1 aromatic carbocycles. The zero-order valence-electron chi connectivity index (χ0n) is 41.6. The first-order valence-corrected chi connectivity index (χ1v) is 26.8. The van der Waals surface area contributed by atoms with Gasteiger partial charge in [-0.2, -0.15) is 11.8 Å². The summed E-state index contributed by atoms with van der Waals surface area (Å²) in [6.45, 7) is 8.60. The molecule has 2 fully saturated rings. The summed E-state index contributed by atoms with van der Waals surface area (Å²) in [5.74, 6) is -6.32. The zero-order valence-corrected chi connectivity index (χ0v) is 44.0. The molecular formula is C48H71ClN12O9S2. The van der Waals surface area contributed by atoms with Crippen LogP contribution in [0.1, 0.15) is 96.4 Å². The van der Waals surface area contributed by atoms with E-state index in [1.54, 1.807) is 50.2 Å². The first-order chi connectivity index (χ1) is 34.3. The number of nitrogens with one attached hydrogen (secondary N) is 7. The summed E-state index contributed by atoms with van der Waals surface area (Å²) in [5.41, 5.74) is 14.2. The third kappa shape index (κ3) is 18.6. The van der Waals surface area contributed by atoms with E-state index in [2.05, 4.69) is 42.3 Å². The van der Waals surface area contributed by atoms with E-state index in [1.807, 2.05) is 12.3 Å². The lowest BCUT2D eigenvalue weighted by Gasteiger charge is -2.36. The highest BCUT2D eigenvalue weighted by atomic mass is 35.5. The van der Waals surface area contributed by atoms with Crippen LogP contribution in [0.5, 0.6) is 0 Å². The molecule has 7 atom stereocenters. The Bertz CT molecular complexity index is 2210. The van der Waals surface area contributed by atoms with Gasteiger partial charge in [-0.05, 0) is 86.3 Å². The summed E-state index contributed by atoms with van der Waals surface area (Å²) in [4.78, 5) is 132. The zero-order chi connectivity index (χ0) is 52.9. The molecule has 4 rings (SSSR count). The van der Waals surface area contributed by atoms with Gasteiger partial charge >= 0.3 is 0 Å². The van der Waals surface area contributed by atoms with Gasteiger partial charge in [0.15, 0.2) is 5.96 Å². The summed E-state index contributed by atoms with van der Waals surface area (Å²) in [6, 6.07) is 1.98. The average molecular weight is 1060 g/mol. The Balaban J connectivity index is 1.68. The van der Waals surface area contributed by atoms with Crippen LogP contribution in [-0.4, -0.2) is 142 Å². The van der Waals surface area contributed by atoms with Gasteiger partial charge < -0.3 is 48.3 Å². The predicted molar refractivity (Wildman–Crippen MR) is 277 cm³/mol. The number of amides is 9. The predicted octanol–water partition coefficient (Wildman–Crippen LogP) is 1.02. The van der Waals surface area contributed by atoms with Crippen molar-refractivity contribution in [2.75, 3.05) is 31.1 Å². The highest BCUT2D eigenvalue weighted by molar-refractivity contribution is 7.99. The number of thioether (sulfide) groups is 1. The molecule has 0 radical (unpaired) electrons. The normalized spacial score (nSPS) is 22.4. The van der Waals surface area contributed by atoms with Gasteiger partial charge in [0.2, 0.25) is 47.3 Å². The van der Waals surface area contributed by atoms with E-state index in [-0.39, 0.29) is 69.1 Å². The fraction of sp³-hybridized carbons (Fsp3) is 0.583. The summed E-state index contributed by atoms with van der Waals surface area (Å²) >= 11 is 8.72. The summed E-state index contributed by atoms with van der Waals surface area (Å²) in [6.07, 6.45) is 3.09. The molecule has 0 aliphatic carbocycles. The van der Waals surface area contributed by atoms with Gasteiger partial charge in [0.1, 0.15) is 42.3 Å². The van der Waals surface area contributed by atoms with Crippen molar-refractivity contribution in [1.82, 2.24) is 47.2 Å². The fourth-order valence-corrected chi connectivity index (χ4v) is 10.0. The van der Waals surface area contributed by atoms with Gasteiger partial charge in [0.05, 0.1) is 0 Å². The first-order valence-electron chi connectivity index (χ1n) is 24.4. The molecule has 21 nitrogen and oxygen atoms in total. The van der Waals surface area contributed by atoms with E-state index in [0.29, 0.717) is 30.0 Å². The fourth-order valence-electron chi connectivity index (χ4n) is 8.09. The Kier molecular flexibility index (Phi) is 24.1. The maximum absolute atomic E-state index is 14.9. The summed E-state index contributed by atoms with van der Waals surface area (Å²) in [5, 5.41) is 19.9. The maximum Gasteiger partial charge on any atom is 0.264 e. The molecule has 0 saturated carbocycles. The molecule has 1 aromatic heterocycles. The summed E-state index contributed by atoms with van der Waals surface area (Å²) in [7, 11) is 0. The van der Waals surface area contributed by atoms with Gasteiger partial charge in [-0.3, -0.25) is 53.6 Å². The van der Waals surface area contributed by atoms with Crippen molar-refractivity contribution in [3.05, 3.63) is 57.2 Å². The lowest BCUT2D eigenvalue weighted by Crippen LogP contribution is -2.64. The van der Waals surface area contributed by atoms with Crippen LogP contribution in [0, 0.1) is 5.92 Å². The van der Waals surface area contributed by atoms with Crippen LogP contribution in [0.25, 0.3) is 0 Å². The van der Waals surface area contributed by atoms with E-state index in [0.717, 1.165) is 29.7 Å². The molecule has 0 unspecified atom stereocenters. The standard InChI is InChI=1S/C48H71ClN12O9S2/c1-6-7-20-52-41(64)34(13-8-21-53-48(50)51)56-44(67)37-14-9-22-60(37)47(70)38-27-71-23-11-15-39(63)55-35(25-31-16-18-32(49)19-17-31)42(65)57-36(26-33-12-10-24-72-33)43(66)58-40(28(2)3)45(68)54-29(4)46(69)61(38)59-30(5)62/h10,12,16-19,24,28-29,34-38,40H,6-9,11,13-15,20-23,25-27H2,1-5H3,(H,52,64)(H,54,68)(H,55,63)(H,56,67)(H,57,65)(H,58,66)(H,59,62)(H4,50,51,53)/t29-,34+,35-,36-,37-,38-,40+/m0/s1. The molecule has 2 aliphatic heterocycles.